The Morgan fingerprint density at radius 2 is 1.67 bits per heavy atom. The Morgan fingerprint density at radius 1 is 1.00 bits per heavy atom. The average Bonchev–Trinajstić information content (AvgIpc) is 3.03. The zero-order chi connectivity index (χ0) is 16.7. The molecule has 118 valence electrons. The second-order valence-corrected chi connectivity index (χ2v) is 7.88. The van der Waals surface area contributed by atoms with E-state index in [4.69, 9.17) is 12.2 Å². The average molecular weight is 508 g/mol. The minimum Gasteiger partial charge on any atom is -0.339 e. The molecule has 1 N–H and O–H groups in total. The highest BCUT2D eigenvalue weighted by molar-refractivity contribution is 14.1. The smallest absolute Gasteiger partial charge is 0.205 e. The summed E-state index contributed by atoms with van der Waals surface area (Å²) in [7, 11) is 0. The molecule has 6 heteroatoms. The summed E-state index contributed by atoms with van der Waals surface area (Å²) in [6.45, 7) is 0. The number of imidazole rings is 1. The molecule has 24 heavy (non-hydrogen) atoms. The Morgan fingerprint density at radius 3 is 2.38 bits per heavy atom. The fourth-order valence-electron chi connectivity index (χ4n) is 2.62. The molecule has 0 aliphatic rings. The third-order valence-electron chi connectivity index (χ3n) is 3.83. The molecule has 0 saturated carbocycles. The first-order chi connectivity index (χ1) is 11.6. The number of rotatable bonds is 2. The van der Waals surface area contributed by atoms with Gasteiger partial charge in [0.25, 0.3) is 0 Å². The van der Waals surface area contributed by atoms with Crippen LogP contribution < -0.4 is 0 Å². The predicted octanol–water partition coefficient (Wildman–Crippen LogP) is 6.09. The number of aromatic amines is 1. The quantitative estimate of drug-likeness (QED) is 0.263. The van der Waals surface area contributed by atoms with Crippen molar-refractivity contribution in [3.8, 4) is 22.4 Å². The maximum Gasteiger partial charge on any atom is 0.205 e. The van der Waals surface area contributed by atoms with Crippen LogP contribution in [0.5, 0.6) is 0 Å². The van der Waals surface area contributed by atoms with Crippen molar-refractivity contribution < 1.29 is 0 Å². The second kappa shape index (κ2) is 6.42. The summed E-state index contributed by atoms with van der Waals surface area (Å²) in [6, 6.07) is 16.6. The number of benzene rings is 2. The van der Waals surface area contributed by atoms with Crippen LogP contribution in [0.15, 0.2) is 65.4 Å². The Bertz CT molecular complexity index is 1080. The Balaban J connectivity index is 1.93. The molecule has 0 spiro atoms. The van der Waals surface area contributed by atoms with Gasteiger partial charge in [0.1, 0.15) is 5.65 Å². The first-order valence-electron chi connectivity index (χ1n) is 7.24. The highest BCUT2D eigenvalue weighted by atomic mass is 127. The molecular formula is C18H11BrIN3S. The monoisotopic (exact) mass is 507 g/mol. The lowest BCUT2D eigenvalue weighted by Crippen LogP contribution is -1.92. The Kier molecular flexibility index (Phi) is 4.28. The summed E-state index contributed by atoms with van der Waals surface area (Å²) in [5.74, 6) is 0. The zero-order valence-electron chi connectivity index (χ0n) is 12.3. The summed E-state index contributed by atoms with van der Waals surface area (Å²) in [4.78, 5) is 7.87. The summed E-state index contributed by atoms with van der Waals surface area (Å²) in [5.41, 5.74) is 5.20. The zero-order valence-corrected chi connectivity index (χ0v) is 16.9. The normalized spacial score (nSPS) is 11.1. The van der Waals surface area contributed by atoms with Crippen molar-refractivity contribution >= 4 is 56.4 Å². The van der Waals surface area contributed by atoms with E-state index in [1.165, 1.54) is 3.57 Å². The highest BCUT2D eigenvalue weighted by Crippen LogP contribution is 2.28. The first kappa shape index (κ1) is 16.0. The molecule has 0 bridgehead atoms. The molecule has 0 radical (unpaired) electrons. The molecule has 0 unspecified atom stereocenters. The number of hydrogen-bond acceptors (Lipinski definition) is 2. The van der Waals surface area contributed by atoms with Crippen LogP contribution in [-0.2, 0) is 0 Å². The molecule has 2 aromatic carbocycles. The van der Waals surface area contributed by atoms with E-state index >= 15 is 0 Å². The largest absolute Gasteiger partial charge is 0.339 e. The predicted molar refractivity (Wildman–Crippen MR) is 112 cm³/mol. The van der Waals surface area contributed by atoms with Crippen molar-refractivity contribution in [2.24, 2.45) is 0 Å². The lowest BCUT2D eigenvalue weighted by Gasteiger charge is -2.04. The van der Waals surface area contributed by atoms with E-state index in [1.54, 1.807) is 0 Å². The third kappa shape index (κ3) is 2.94. The van der Waals surface area contributed by atoms with Gasteiger partial charge in [0.2, 0.25) is 4.77 Å². The first-order valence-corrected chi connectivity index (χ1v) is 9.52. The highest BCUT2D eigenvalue weighted by Gasteiger charge is 2.10. The van der Waals surface area contributed by atoms with Crippen molar-refractivity contribution in [2.45, 2.75) is 0 Å². The van der Waals surface area contributed by atoms with Crippen LogP contribution in [0.2, 0.25) is 0 Å². The second-order valence-electron chi connectivity index (χ2n) is 5.35. The number of aromatic nitrogens is 3. The number of fused-ring (bicyclic) bond motifs is 1. The lowest BCUT2D eigenvalue weighted by molar-refractivity contribution is 1.06. The SMILES string of the molecule is S=c1ncc(-c2ccc(I)cc2)c2[nH]c(-c3ccc(Br)cc3)cn12. The van der Waals surface area contributed by atoms with Gasteiger partial charge in [-0.1, -0.05) is 40.2 Å². The van der Waals surface area contributed by atoms with Gasteiger partial charge in [-0.25, -0.2) is 4.98 Å². The fourth-order valence-corrected chi connectivity index (χ4v) is 3.44. The van der Waals surface area contributed by atoms with Gasteiger partial charge in [-0.05, 0) is 70.2 Å². The molecule has 0 aliphatic heterocycles. The molecule has 2 aromatic heterocycles. The number of halogens is 2. The maximum atomic E-state index is 5.39. The fraction of sp³-hybridized carbons (Fsp3) is 0. The van der Waals surface area contributed by atoms with E-state index in [-0.39, 0.29) is 0 Å². The van der Waals surface area contributed by atoms with E-state index < -0.39 is 0 Å². The van der Waals surface area contributed by atoms with Crippen LogP contribution in [0.4, 0.5) is 0 Å². The van der Waals surface area contributed by atoms with Crippen molar-refractivity contribution in [1.82, 2.24) is 14.4 Å². The topological polar surface area (TPSA) is 33.1 Å². The van der Waals surface area contributed by atoms with E-state index in [0.29, 0.717) is 4.77 Å². The van der Waals surface area contributed by atoms with Crippen LogP contribution in [-0.4, -0.2) is 14.4 Å². The Hall–Kier alpha value is -1.51. The molecule has 0 atom stereocenters. The van der Waals surface area contributed by atoms with Crippen LogP contribution in [0.1, 0.15) is 0 Å². The minimum absolute atomic E-state index is 0.541. The van der Waals surface area contributed by atoms with E-state index in [1.807, 2.05) is 28.9 Å². The number of nitrogens with zero attached hydrogens (tertiary/aromatic N) is 2. The molecule has 4 rings (SSSR count). The minimum atomic E-state index is 0.541. The number of hydrogen-bond donors (Lipinski definition) is 1. The standard InChI is InChI=1S/C18H11BrIN3S/c19-13-5-1-12(2-6-13)16-10-23-17(22-16)15(9-21-18(23)24)11-3-7-14(20)8-4-11/h1-10,22H. The lowest BCUT2D eigenvalue weighted by atomic mass is 10.1. The van der Waals surface area contributed by atoms with Crippen molar-refractivity contribution in [2.75, 3.05) is 0 Å². The van der Waals surface area contributed by atoms with E-state index in [9.17, 15) is 0 Å². The van der Waals surface area contributed by atoms with Gasteiger partial charge < -0.3 is 4.98 Å². The summed E-state index contributed by atoms with van der Waals surface area (Å²) >= 11 is 11.2. The molecule has 0 saturated heterocycles. The van der Waals surface area contributed by atoms with Crippen molar-refractivity contribution in [3.05, 3.63) is 73.7 Å². The van der Waals surface area contributed by atoms with E-state index in [0.717, 1.165) is 32.5 Å². The molecule has 4 aromatic rings. The van der Waals surface area contributed by atoms with Gasteiger partial charge in [0.05, 0.1) is 5.69 Å². The van der Waals surface area contributed by atoms with Gasteiger partial charge >= 0.3 is 0 Å². The molecular weight excluding hydrogens is 497 g/mol. The van der Waals surface area contributed by atoms with Crippen LogP contribution in [0.25, 0.3) is 28.0 Å². The van der Waals surface area contributed by atoms with Crippen LogP contribution in [0, 0.1) is 8.34 Å². The van der Waals surface area contributed by atoms with Crippen LogP contribution >= 0.6 is 50.7 Å². The summed E-state index contributed by atoms with van der Waals surface area (Å²) in [5, 5.41) is 0. The molecule has 3 nitrogen and oxygen atoms in total. The molecule has 0 amide bonds. The van der Waals surface area contributed by atoms with Crippen LogP contribution in [0.3, 0.4) is 0 Å². The third-order valence-corrected chi connectivity index (χ3v) is 5.38. The van der Waals surface area contributed by atoms with Gasteiger partial charge in [0.15, 0.2) is 0 Å². The summed E-state index contributed by atoms with van der Waals surface area (Å²) in [6.07, 6.45) is 3.84. The summed E-state index contributed by atoms with van der Waals surface area (Å²) < 4.78 is 4.73. The van der Waals surface area contributed by atoms with Crippen molar-refractivity contribution in [1.29, 1.82) is 0 Å². The van der Waals surface area contributed by atoms with Gasteiger partial charge in [0, 0.05) is 26.0 Å². The Labute approximate surface area is 166 Å². The molecule has 2 heterocycles. The molecule has 0 aliphatic carbocycles. The van der Waals surface area contributed by atoms with E-state index in [2.05, 4.69) is 84.9 Å². The number of H-pyrrole nitrogens is 1. The maximum absolute atomic E-state index is 5.39. The molecule has 0 fully saturated rings. The van der Waals surface area contributed by atoms with Gasteiger partial charge in [-0.15, -0.1) is 0 Å². The van der Waals surface area contributed by atoms with Gasteiger partial charge in [-0.2, -0.15) is 0 Å². The van der Waals surface area contributed by atoms with Gasteiger partial charge in [-0.3, -0.25) is 4.40 Å². The number of nitrogens with one attached hydrogen (secondary N) is 1. The van der Waals surface area contributed by atoms with Crippen molar-refractivity contribution in [3.63, 3.8) is 0 Å².